The lowest BCUT2D eigenvalue weighted by Crippen LogP contribution is -3.14. The van der Waals surface area contributed by atoms with Crippen molar-refractivity contribution in [1.29, 1.82) is 0 Å². The molecule has 1 fully saturated rings. The van der Waals surface area contributed by atoms with E-state index in [4.69, 9.17) is 0 Å². The van der Waals surface area contributed by atoms with Gasteiger partial charge in [-0.1, -0.05) is 0 Å². The van der Waals surface area contributed by atoms with Crippen LogP contribution in [0.1, 0.15) is 29.3 Å². The van der Waals surface area contributed by atoms with Gasteiger partial charge in [0.2, 0.25) is 0 Å². The summed E-state index contributed by atoms with van der Waals surface area (Å²) in [4.78, 5) is 25.9. The number of urea groups is 1. The van der Waals surface area contributed by atoms with E-state index in [-0.39, 0.29) is 5.91 Å². The third-order valence-electron chi connectivity index (χ3n) is 4.19. The first-order valence-electron chi connectivity index (χ1n) is 7.11. The quantitative estimate of drug-likeness (QED) is 0.740. The topological polar surface area (TPSA) is 62.6 Å². The zero-order valence-electron chi connectivity index (χ0n) is 11.6. The second kappa shape index (κ2) is 5.54. The second-order valence-corrected chi connectivity index (χ2v) is 6.58. The summed E-state index contributed by atoms with van der Waals surface area (Å²) in [5, 5.41) is 6.94. The van der Waals surface area contributed by atoms with E-state index in [1.165, 1.54) is 35.2 Å². The van der Waals surface area contributed by atoms with Crippen LogP contribution < -0.4 is 15.5 Å². The summed E-state index contributed by atoms with van der Waals surface area (Å²) in [5.74, 6) is 0.523. The van der Waals surface area contributed by atoms with Crippen LogP contribution in [0.5, 0.6) is 0 Å². The third kappa shape index (κ3) is 2.71. The minimum absolute atomic E-state index is 0.191. The summed E-state index contributed by atoms with van der Waals surface area (Å²) in [6.07, 6.45) is 3.57. The standard InChI is InChI=1S/C14H19N3O2S/c1-15-14(19)16-12(18)8-17-6-4-11-10(5-7-20-11)13(17)9-2-3-9/h5,7,9,13H,2-4,6,8H2,1H3,(H2,15,16,18,19)/p+1/t13-/m1/s1. The fourth-order valence-electron chi connectivity index (χ4n) is 3.14. The van der Waals surface area contributed by atoms with Crippen molar-refractivity contribution in [3.8, 4) is 0 Å². The lowest BCUT2D eigenvalue weighted by atomic mass is 9.96. The van der Waals surface area contributed by atoms with Gasteiger partial charge in [0.15, 0.2) is 6.54 Å². The Morgan fingerprint density at radius 3 is 2.95 bits per heavy atom. The number of amides is 3. The highest BCUT2D eigenvalue weighted by atomic mass is 32.1. The number of carbonyl (C=O) groups excluding carboxylic acids is 2. The number of carbonyl (C=O) groups is 2. The highest BCUT2D eigenvalue weighted by Crippen LogP contribution is 2.42. The molecule has 20 heavy (non-hydrogen) atoms. The molecule has 1 saturated carbocycles. The van der Waals surface area contributed by atoms with E-state index in [1.54, 1.807) is 0 Å². The predicted octanol–water partition coefficient (Wildman–Crippen LogP) is 0.0958. The predicted molar refractivity (Wildman–Crippen MR) is 76.8 cm³/mol. The normalized spacial score (nSPS) is 24.9. The SMILES string of the molecule is CNC(=O)NC(=O)C[NH+]1CCc2sccc2[C@H]1C1CC1. The molecular weight excluding hydrogens is 274 g/mol. The number of imide groups is 1. The molecule has 1 unspecified atom stereocenters. The van der Waals surface area contributed by atoms with Gasteiger partial charge in [0.05, 0.1) is 6.54 Å². The maximum Gasteiger partial charge on any atom is 0.321 e. The average Bonchev–Trinajstić information content (AvgIpc) is 3.15. The van der Waals surface area contributed by atoms with Crippen molar-refractivity contribution in [3.63, 3.8) is 0 Å². The summed E-state index contributed by atoms with van der Waals surface area (Å²) >= 11 is 1.83. The molecule has 108 valence electrons. The van der Waals surface area contributed by atoms with Gasteiger partial charge in [-0.05, 0) is 24.3 Å². The van der Waals surface area contributed by atoms with Crippen molar-refractivity contribution in [2.75, 3.05) is 20.1 Å². The van der Waals surface area contributed by atoms with Crippen molar-refractivity contribution in [2.24, 2.45) is 5.92 Å². The molecule has 0 spiro atoms. The van der Waals surface area contributed by atoms with E-state index in [1.807, 2.05) is 11.3 Å². The Morgan fingerprint density at radius 2 is 2.25 bits per heavy atom. The Labute approximate surface area is 122 Å². The zero-order valence-corrected chi connectivity index (χ0v) is 12.4. The Bertz CT molecular complexity index is 524. The van der Waals surface area contributed by atoms with E-state index < -0.39 is 6.03 Å². The van der Waals surface area contributed by atoms with Gasteiger partial charge in [-0.15, -0.1) is 11.3 Å². The Balaban J connectivity index is 1.70. The van der Waals surface area contributed by atoms with Gasteiger partial charge < -0.3 is 10.2 Å². The van der Waals surface area contributed by atoms with Gasteiger partial charge in [-0.25, -0.2) is 4.79 Å². The molecule has 0 aromatic carbocycles. The van der Waals surface area contributed by atoms with Crippen LogP contribution in [0.25, 0.3) is 0 Å². The van der Waals surface area contributed by atoms with Crippen molar-refractivity contribution >= 4 is 23.3 Å². The summed E-state index contributed by atoms with van der Waals surface area (Å²) in [6.45, 7) is 1.36. The molecule has 0 saturated heterocycles. The number of rotatable bonds is 3. The van der Waals surface area contributed by atoms with Crippen LogP contribution in [-0.4, -0.2) is 32.1 Å². The van der Waals surface area contributed by atoms with Crippen LogP contribution in [-0.2, 0) is 11.2 Å². The lowest BCUT2D eigenvalue weighted by Gasteiger charge is -2.32. The van der Waals surface area contributed by atoms with Gasteiger partial charge in [0.1, 0.15) is 6.04 Å². The van der Waals surface area contributed by atoms with Crippen LogP contribution >= 0.6 is 11.3 Å². The first kappa shape index (κ1) is 13.6. The van der Waals surface area contributed by atoms with E-state index in [9.17, 15) is 9.59 Å². The molecule has 1 aromatic rings. The van der Waals surface area contributed by atoms with Gasteiger partial charge in [-0.3, -0.25) is 10.1 Å². The molecular formula is C14H20N3O2S+. The number of nitrogens with one attached hydrogen (secondary N) is 3. The molecule has 3 amide bonds. The summed E-state index contributed by atoms with van der Waals surface area (Å²) < 4.78 is 0. The number of fused-ring (bicyclic) bond motifs is 1. The van der Waals surface area contributed by atoms with E-state index in [0.29, 0.717) is 18.5 Å². The highest BCUT2D eigenvalue weighted by Gasteiger charge is 2.43. The van der Waals surface area contributed by atoms with Crippen molar-refractivity contribution < 1.29 is 14.5 Å². The summed E-state index contributed by atoms with van der Waals surface area (Å²) in [7, 11) is 1.51. The van der Waals surface area contributed by atoms with E-state index >= 15 is 0 Å². The van der Waals surface area contributed by atoms with Crippen LogP contribution in [0, 0.1) is 5.92 Å². The molecule has 3 N–H and O–H groups in total. The fraction of sp³-hybridized carbons (Fsp3) is 0.571. The Kier molecular flexibility index (Phi) is 3.76. The third-order valence-corrected chi connectivity index (χ3v) is 5.19. The molecule has 6 heteroatoms. The molecule has 1 aromatic heterocycles. The van der Waals surface area contributed by atoms with Crippen LogP contribution in [0.3, 0.4) is 0 Å². The molecule has 2 atom stereocenters. The minimum atomic E-state index is -0.425. The average molecular weight is 294 g/mol. The molecule has 3 rings (SSSR count). The number of thiophene rings is 1. The molecule has 2 heterocycles. The Morgan fingerprint density at radius 1 is 1.45 bits per heavy atom. The number of quaternary nitrogens is 1. The van der Waals surface area contributed by atoms with E-state index in [2.05, 4.69) is 22.1 Å². The number of hydrogen-bond donors (Lipinski definition) is 3. The maximum absolute atomic E-state index is 11.9. The largest absolute Gasteiger partial charge is 0.341 e. The lowest BCUT2D eigenvalue weighted by molar-refractivity contribution is -0.928. The Hall–Kier alpha value is -1.40. The minimum Gasteiger partial charge on any atom is -0.341 e. The summed E-state index contributed by atoms with van der Waals surface area (Å²) in [5.41, 5.74) is 1.44. The molecule has 0 bridgehead atoms. The second-order valence-electron chi connectivity index (χ2n) is 5.58. The number of hydrogen-bond acceptors (Lipinski definition) is 3. The van der Waals surface area contributed by atoms with Crippen LogP contribution in [0.15, 0.2) is 11.4 Å². The molecule has 1 aliphatic heterocycles. The van der Waals surface area contributed by atoms with Gasteiger partial charge >= 0.3 is 6.03 Å². The molecule has 5 nitrogen and oxygen atoms in total. The van der Waals surface area contributed by atoms with E-state index in [0.717, 1.165) is 13.0 Å². The smallest absolute Gasteiger partial charge is 0.321 e. The molecule has 1 aliphatic carbocycles. The van der Waals surface area contributed by atoms with Crippen molar-refractivity contribution in [3.05, 3.63) is 21.9 Å². The fourth-order valence-corrected chi connectivity index (χ4v) is 4.06. The van der Waals surface area contributed by atoms with Crippen molar-refractivity contribution in [2.45, 2.75) is 25.3 Å². The first-order valence-corrected chi connectivity index (χ1v) is 7.99. The van der Waals surface area contributed by atoms with Crippen molar-refractivity contribution in [1.82, 2.24) is 10.6 Å². The van der Waals surface area contributed by atoms with Gasteiger partial charge in [0.25, 0.3) is 5.91 Å². The van der Waals surface area contributed by atoms with Crippen LogP contribution in [0.4, 0.5) is 4.79 Å². The van der Waals surface area contributed by atoms with Crippen LogP contribution in [0.2, 0.25) is 0 Å². The highest BCUT2D eigenvalue weighted by molar-refractivity contribution is 7.10. The molecule has 2 aliphatic rings. The van der Waals surface area contributed by atoms with Gasteiger partial charge in [0, 0.05) is 29.8 Å². The summed E-state index contributed by atoms with van der Waals surface area (Å²) in [6, 6.07) is 2.24. The molecule has 0 radical (unpaired) electrons. The first-order chi connectivity index (χ1) is 9.69. The monoisotopic (exact) mass is 294 g/mol. The maximum atomic E-state index is 11.9. The van der Waals surface area contributed by atoms with Gasteiger partial charge in [-0.2, -0.15) is 0 Å². The zero-order chi connectivity index (χ0) is 14.1.